The van der Waals surface area contributed by atoms with Crippen LogP contribution in [0.4, 0.5) is 0 Å². The highest BCUT2D eigenvalue weighted by Crippen LogP contribution is 2.41. The summed E-state index contributed by atoms with van der Waals surface area (Å²) in [6.07, 6.45) is 4.37. The van der Waals surface area contributed by atoms with Crippen LogP contribution in [0.2, 0.25) is 0 Å². The van der Waals surface area contributed by atoms with Gasteiger partial charge < -0.3 is 4.79 Å². The third kappa shape index (κ3) is 2.31. The van der Waals surface area contributed by atoms with Gasteiger partial charge in [-0.2, -0.15) is 0 Å². The number of hydrogen-bond donors (Lipinski definition) is 1. The second-order valence-corrected chi connectivity index (χ2v) is 4.86. The van der Waals surface area contributed by atoms with Gasteiger partial charge in [-0.05, 0) is 31.1 Å². The van der Waals surface area contributed by atoms with Crippen LogP contribution in [-0.4, -0.2) is 18.1 Å². The number of nitrogens with one attached hydrogen (secondary N) is 1. The average molecular weight is 223 g/mol. The first-order valence-corrected chi connectivity index (χ1v) is 5.97. The molecule has 2 aliphatic rings. The minimum absolute atomic E-state index is 0.000421. The molecule has 2 fully saturated rings. The van der Waals surface area contributed by atoms with Crippen molar-refractivity contribution in [1.29, 1.82) is 0 Å². The molecule has 1 unspecified atom stereocenters. The largest absolute Gasteiger partial charge is 0.303 e. The molecule has 0 saturated heterocycles. The summed E-state index contributed by atoms with van der Waals surface area (Å²) in [5.74, 6) is -0.591. The summed E-state index contributed by atoms with van der Waals surface area (Å²) in [6, 6.07) is 0. The van der Waals surface area contributed by atoms with Crippen LogP contribution in [0.25, 0.3) is 0 Å². The highest BCUT2D eigenvalue weighted by atomic mass is 16.2. The molecule has 0 radical (unpaired) electrons. The molecule has 2 saturated carbocycles. The standard InChI is InChI=1S/C12H17NO3/c1-2-7-5-9(7)11(15)13-12(16)10(6-14)8-3-4-8/h6-10H,2-5H2,1H3,(H,13,15,16)/t7-,9+,10?/m1/s1. The van der Waals surface area contributed by atoms with Crippen molar-refractivity contribution in [2.45, 2.75) is 32.6 Å². The van der Waals surface area contributed by atoms with Gasteiger partial charge in [-0.25, -0.2) is 0 Å². The van der Waals surface area contributed by atoms with E-state index in [1.54, 1.807) is 0 Å². The second kappa shape index (κ2) is 4.36. The van der Waals surface area contributed by atoms with E-state index in [0.717, 1.165) is 25.7 Å². The Morgan fingerprint density at radius 2 is 2.12 bits per heavy atom. The van der Waals surface area contributed by atoms with E-state index in [0.29, 0.717) is 12.2 Å². The lowest BCUT2D eigenvalue weighted by molar-refractivity contribution is -0.135. The molecule has 2 amide bonds. The Bertz CT molecular complexity index is 322. The van der Waals surface area contributed by atoms with Gasteiger partial charge in [-0.1, -0.05) is 13.3 Å². The van der Waals surface area contributed by atoms with Crippen LogP contribution in [0.1, 0.15) is 32.6 Å². The third-order valence-corrected chi connectivity index (χ3v) is 3.61. The first kappa shape index (κ1) is 11.3. The Kier molecular flexibility index (Phi) is 3.08. The van der Waals surface area contributed by atoms with E-state index in [2.05, 4.69) is 5.32 Å². The van der Waals surface area contributed by atoms with Crippen LogP contribution in [-0.2, 0) is 14.4 Å². The maximum absolute atomic E-state index is 11.6. The Balaban J connectivity index is 1.82. The number of carbonyl (C=O) groups excluding carboxylic acids is 3. The highest BCUT2D eigenvalue weighted by Gasteiger charge is 2.43. The number of hydrogen-bond acceptors (Lipinski definition) is 3. The maximum atomic E-state index is 11.6. The van der Waals surface area contributed by atoms with Gasteiger partial charge in [0, 0.05) is 5.92 Å². The summed E-state index contributed by atoms with van der Waals surface area (Å²) in [7, 11) is 0. The van der Waals surface area contributed by atoms with E-state index in [9.17, 15) is 14.4 Å². The number of aldehydes is 1. The van der Waals surface area contributed by atoms with Crippen molar-refractivity contribution < 1.29 is 14.4 Å². The predicted molar refractivity (Wildman–Crippen MR) is 57.3 cm³/mol. The van der Waals surface area contributed by atoms with Crippen LogP contribution in [0, 0.1) is 23.7 Å². The van der Waals surface area contributed by atoms with Gasteiger partial charge >= 0.3 is 0 Å². The lowest BCUT2D eigenvalue weighted by atomic mass is 10.1. The predicted octanol–water partition coefficient (Wildman–Crippen LogP) is 0.900. The van der Waals surface area contributed by atoms with Crippen molar-refractivity contribution in [3.63, 3.8) is 0 Å². The quantitative estimate of drug-likeness (QED) is 0.556. The molecule has 4 nitrogen and oxygen atoms in total. The normalized spacial score (nSPS) is 29.3. The summed E-state index contributed by atoms with van der Waals surface area (Å²) in [5, 5.41) is 2.37. The summed E-state index contributed by atoms with van der Waals surface area (Å²) in [6.45, 7) is 2.04. The molecule has 88 valence electrons. The fraction of sp³-hybridized carbons (Fsp3) is 0.750. The lowest BCUT2D eigenvalue weighted by Gasteiger charge is -2.08. The van der Waals surface area contributed by atoms with E-state index in [4.69, 9.17) is 0 Å². The summed E-state index contributed by atoms with van der Waals surface area (Å²) in [5.41, 5.74) is 0. The third-order valence-electron chi connectivity index (χ3n) is 3.61. The van der Waals surface area contributed by atoms with Crippen LogP contribution in [0.5, 0.6) is 0 Å². The molecule has 0 spiro atoms. The van der Waals surface area contributed by atoms with E-state index in [-0.39, 0.29) is 17.7 Å². The topological polar surface area (TPSA) is 63.2 Å². The zero-order chi connectivity index (χ0) is 11.7. The zero-order valence-corrected chi connectivity index (χ0v) is 9.44. The Morgan fingerprint density at radius 3 is 2.56 bits per heavy atom. The van der Waals surface area contributed by atoms with Gasteiger partial charge in [0.05, 0.1) is 5.92 Å². The van der Waals surface area contributed by atoms with E-state index < -0.39 is 11.8 Å². The molecule has 0 heterocycles. The van der Waals surface area contributed by atoms with E-state index in [1.165, 1.54) is 0 Å². The smallest absolute Gasteiger partial charge is 0.237 e. The first-order valence-electron chi connectivity index (χ1n) is 5.97. The van der Waals surface area contributed by atoms with Gasteiger partial charge in [0.2, 0.25) is 11.8 Å². The minimum Gasteiger partial charge on any atom is -0.303 e. The van der Waals surface area contributed by atoms with Gasteiger partial charge in [0.15, 0.2) is 0 Å². The van der Waals surface area contributed by atoms with Crippen LogP contribution < -0.4 is 5.32 Å². The summed E-state index contributed by atoms with van der Waals surface area (Å²) < 4.78 is 0. The number of amides is 2. The van der Waals surface area contributed by atoms with Crippen molar-refractivity contribution in [2.24, 2.45) is 23.7 Å². The molecule has 0 bridgehead atoms. The summed E-state index contributed by atoms with van der Waals surface area (Å²) in [4.78, 5) is 34.0. The molecule has 0 aromatic heterocycles. The van der Waals surface area contributed by atoms with E-state index >= 15 is 0 Å². The first-order chi connectivity index (χ1) is 7.67. The number of rotatable bonds is 5. The van der Waals surface area contributed by atoms with Crippen molar-refractivity contribution in [3.05, 3.63) is 0 Å². The zero-order valence-electron chi connectivity index (χ0n) is 9.44. The summed E-state index contributed by atoms with van der Waals surface area (Å²) >= 11 is 0. The molecular formula is C12H17NO3. The molecule has 2 aliphatic carbocycles. The number of carbonyl (C=O) groups is 3. The molecule has 4 heteroatoms. The van der Waals surface area contributed by atoms with Crippen molar-refractivity contribution >= 4 is 18.1 Å². The molecule has 0 aliphatic heterocycles. The fourth-order valence-electron chi connectivity index (χ4n) is 2.16. The average Bonchev–Trinajstić information content (AvgIpc) is 3.13. The molecule has 3 atom stereocenters. The monoisotopic (exact) mass is 223 g/mol. The van der Waals surface area contributed by atoms with Gasteiger partial charge in [-0.15, -0.1) is 0 Å². The molecule has 0 aromatic carbocycles. The molecule has 2 rings (SSSR count). The SMILES string of the molecule is CC[C@@H]1C[C@@H]1C(=O)NC(=O)C(C=O)C1CC1. The second-order valence-electron chi connectivity index (χ2n) is 4.86. The van der Waals surface area contributed by atoms with Crippen LogP contribution in [0.15, 0.2) is 0 Å². The van der Waals surface area contributed by atoms with Gasteiger partial charge in [0.1, 0.15) is 6.29 Å². The van der Waals surface area contributed by atoms with Crippen LogP contribution in [0.3, 0.4) is 0 Å². The minimum atomic E-state index is -0.609. The number of imide groups is 1. The van der Waals surface area contributed by atoms with Gasteiger partial charge in [-0.3, -0.25) is 14.9 Å². The molecule has 16 heavy (non-hydrogen) atoms. The molecular weight excluding hydrogens is 206 g/mol. The van der Waals surface area contributed by atoms with Crippen molar-refractivity contribution in [2.75, 3.05) is 0 Å². The van der Waals surface area contributed by atoms with Gasteiger partial charge in [0.25, 0.3) is 0 Å². The van der Waals surface area contributed by atoms with Crippen LogP contribution >= 0.6 is 0 Å². The lowest BCUT2D eigenvalue weighted by Crippen LogP contribution is -2.38. The Labute approximate surface area is 94.8 Å². The Hall–Kier alpha value is -1.19. The molecule has 0 aromatic rings. The van der Waals surface area contributed by atoms with Crippen molar-refractivity contribution in [1.82, 2.24) is 5.32 Å². The Morgan fingerprint density at radius 1 is 1.44 bits per heavy atom. The van der Waals surface area contributed by atoms with E-state index in [1.807, 2.05) is 6.92 Å². The van der Waals surface area contributed by atoms with Crippen molar-refractivity contribution in [3.8, 4) is 0 Å². The molecule has 1 N–H and O–H groups in total. The highest BCUT2D eigenvalue weighted by molar-refractivity contribution is 6.03. The fourth-order valence-corrected chi connectivity index (χ4v) is 2.16. The maximum Gasteiger partial charge on any atom is 0.237 e.